The van der Waals surface area contributed by atoms with Gasteiger partial charge in [0.05, 0.1) is 37.6 Å². The van der Waals surface area contributed by atoms with Crippen molar-refractivity contribution in [1.82, 2.24) is 9.88 Å². The molecule has 0 fully saturated rings. The molecule has 1 heterocycles. The summed E-state index contributed by atoms with van der Waals surface area (Å²) in [6.45, 7) is 8.43. The van der Waals surface area contributed by atoms with Gasteiger partial charge in [-0.1, -0.05) is 37.6 Å². The van der Waals surface area contributed by atoms with Gasteiger partial charge in [-0.2, -0.15) is 0 Å². The lowest BCUT2D eigenvalue weighted by molar-refractivity contribution is 0.0524. The molecule has 32 heavy (non-hydrogen) atoms. The maximum absolute atomic E-state index is 13.2. The number of fused-ring (bicyclic) bond motifs is 1. The molecule has 3 aromatic rings. The van der Waals surface area contributed by atoms with Gasteiger partial charge < -0.3 is 14.2 Å². The third-order valence-electron chi connectivity index (χ3n) is 5.45. The van der Waals surface area contributed by atoms with Crippen LogP contribution >= 0.6 is 11.6 Å². The molecule has 3 rings (SSSR count). The molecule has 1 aromatic heterocycles. The molecule has 0 aliphatic rings. The molecule has 6 nitrogen and oxygen atoms in total. The zero-order valence-corrected chi connectivity index (χ0v) is 20.0. The lowest BCUT2D eigenvalue weighted by atomic mass is 9.93. The maximum atomic E-state index is 13.2. The number of esters is 1. The van der Waals surface area contributed by atoms with Gasteiger partial charge in [0.25, 0.3) is 0 Å². The first-order valence-corrected chi connectivity index (χ1v) is 11.1. The van der Waals surface area contributed by atoms with Gasteiger partial charge in [-0.15, -0.1) is 0 Å². The topological polar surface area (TPSA) is 60.9 Å². The van der Waals surface area contributed by atoms with Crippen molar-refractivity contribution in [2.24, 2.45) is 0 Å². The molecular weight excluding hydrogens is 428 g/mol. The summed E-state index contributed by atoms with van der Waals surface area (Å²) in [5.41, 5.74) is 3.42. The summed E-state index contributed by atoms with van der Waals surface area (Å²) in [5, 5.41) is 1.39. The minimum absolute atomic E-state index is 0.271. The number of nitrogens with zero attached hydrogens (tertiary/aromatic N) is 2. The van der Waals surface area contributed by atoms with E-state index >= 15 is 0 Å². The molecule has 0 saturated carbocycles. The first kappa shape index (κ1) is 23.8. The number of hydrogen-bond donors (Lipinski definition) is 0. The minimum atomic E-state index is -0.399. The van der Waals surface area contributed by atoms with Crippen molar-refractivity contribution in [2.75, 3.05) is 33.9 Å². The van der Waals surface area contributed by atoms with Crippen molar-refractivity contribution in [2.45, 2.75) is 27.3 Å². The van der Waals surface area contributed by atoms with Gasteiger partial charge >= 0.3 is 5.97 Å². The van der Waals surface area contributed by atoms with Crippen molar-refractivity contribution in [3.63, 3.8) is 0 Å². The van der Waals surface area contributed by atoms with E-state index in [-0.39, 0.29) is 6.61 Å². The number of aromatic nitrogens is 1. The van der Waals surface area contributed by atoms with Gasteiger partial charge in [-0.3, -0.25) is 9.88 Å². The largest absolute Gasteiger partial charge is 0.493 e. The van der Waals surface area contributed by atoms with Gasteiger partial charge in [0.15, 0.2) is 11.5 Å². The van der Waals surface area contributed by atoms with Gasteiger partial charge in [0.2, 0.25) is 0 Å². The number of carbonyl (C=O) groups is 1. The van der Waals surface area contributed by atoms with Crippen molar-refractivity contribution in [1.29, 1.82) is 0 Å². The Morgan fingerprint density at radius 3 is 2.19 bits per heavy atom. The zero-order valence-electron chi connectivity index (χ0n) is 19.2. The van der Waals surface area contributed by atoms with Crippen LogP contribution in [0, 0.1) is 0 Å². The summed E-state index contributed by atoms with van der Waals surface area (Å²) in [5.74, 6) is 0.735. The average Bonchev–Trinajstić information content (AvgIpc) is 2.81. The van der Waals surface area contributed by atoms with Crippen LogP contribution in [0.4, 0.5) is 0 Å². The fourth-order valence-electron chi connectivity index (χ4n) is 3.75. The zero-order chi connectivity index (χ0) is 23.3. The van der Waals surface area contributed by atoms with Crippen molar-refractivity contribution < 1.29 is 19.0 Å². The second-order valence-corrected chi connectivity index (χ2v) is 7.66. The molecule has 0 atom stereocenters. The number of ether oxygens (including phenoxy) is 3. The predicted octanol–water partition coefficient (Wildman–Crippen LogP) is 5.59. The number of methoxy groups -OCH3 is 2. The van der Waals surface area contributed by atoms with Crippen LogP contribution in [0.2, 0.25) is 5.02 Å². The lowest BCUT2D eigenvalue weighted by Crippen LogP contribution is -2.25. The van der Waals surface area contributed by atoms with E-state index in [0.29, 0.717) is 39.8 Å². The predicted molar refractivity (Wildman–Crippen MR) is 128 cm³/mol. The highest BCUT2D eigenvalue weighted by molar-refractivity contribution is 6.30. The number of pyridine rings is 1. The Balaban J connectivity index is 2.43. The Bertz CT molecular complexity index is 1100. The molecule has 7 heteroatoms. The second kappa shape index (κ2) is 10.7. The minimum Gasteiger partial charge on any atom is -0.493 e. The van der Waals surface area contributed by atoms with Crippen LogP contribution in [0.25, 0.3) is 22.0 Å². The quantitative estimate of drug-likeness (QED) is 0.391. The molecule has 0 aliphatic carbocycles. The normalized spacial score (nSPS) is 11.1. The fourth-order valence-corrected chi connectivity index (χ4v) is 3.88. The van der Waals surface area contributed by atoms with E-state index in [9.17, 15) is 4.79 Å². The van der Waals surface area contributed by atoms with E-state index in [0.717, 1.165) is 29.6 Å². The third kappa shape index (κ3) is 4.81. The number of benzene rings is 2. The molecule has 2 aromatic carbocycles. The molecule has 0 radical (unpaired) electrons. The summed E-state index contributed by atoms with van der Waals surface area (Å²) in [7, 11) is 3.17. The molecule has 0 amide bonds. The van der Waals surface area contributed by atoms with Crippen LogP contribution in [-0.2, 0) is 11.3 Å². The van der Waals surface area contributed by atoms with Crippen LogP contribution in [0.3, 0.4) is 0 Å². The molecule has 0 N–H and O–H groups in total. The number of carbonyl (C=O) groups excluding carboxylic acids is 1. The van der Waals surface area contributed by atoms with Crippen LogP contribution in [0.5, 0.6) is 11.5 Å². The van der Waals surface area contributed by atoms with Crippen LogP contribution in [0.15, 0.2) is 36.4 Å². The van der Waals surface area contributed by atoms with E-state index < -0.39 is 5.97 Å². The molecule has 170 valence electrons. The van der Waals surface area contributed by atoms with Gasteiger partial charge in [0.1, 0.15) is 0 Å². The molecule has 0 aliphatic heterocycles. The highest BCUT2D eigenvalue weighted by Crippen LogP contribution is 2.40. The third-order valence-corrected chi connectivity index (χ3v) is 5.70. The first-order valence-electron chi connectivity index (χ1n) is 10.7. The average molecular weight is 457 g/mol. The van der Waals surface area contributed by atoms with Crippen LogP contribution in [-0.4, -0.2) is 49.8 Å². The summed E-state index contributed by atoms with van der Waals surface area (Å²) >= 11 is 6.15. The Labute approximate surface area is 194 Å². The van der Waals surface area contributed by atoms with E-state index in [2.05, 4.69) is 18.7 Å². The Morgan fingerprint density at radius 2 is 1.62 bits per heavy atom. The summed E-state index contributed by atoms with van der Waals surface area (Å²) < 4.78 is 16.5. The highest BCUT2D eigenvalue weighted by Gasteiger charge is 2.25. The summed E-state index contributed by atoms with van der Waals surface area (Å²) in [6.07, 6.45) is 0. The van der Waals surface area contributed by atoms with E-state index in [1.54, 1.807) is 21.1 Å². The standard InChI is InChI=1S/C25H29ClN2O4/c1-6-28(7-2)15-20-24(25(29)32-8-3)23(16-9-11-17(26)12-10-16)18-13-21(30-4)22(31-5)14-19(18)27-20/h9-14H,6-8,15H2,1-5H3. The Morgan fingerprint density at radius 1 is 1.00 bits per heavy atom. The van der Waals surface area contributed by atoms with E-state index in [1.807, 2.05) is 36.4 Å². The van der Waals surface area contributed by atoms with E-state index in [1.165, 1.54) is 0 Å². The smallest absolute Gasteiger partial charge is 0.340 e. The number of rotatable bonds is 9. The van der Waals surface area contributed by atoms with Crippen LogP contribution in [0.1, 0.15) is 36.8 Å². The molecule has 0 saturated heterocycles. The number of halogens is 1. The van der Waals surface area contributed by atoms with Gasteiger partial charge in [-0.25, -0.2) is 4.79 Å². The molecule has 0 bridgehead atoms. The number of hydrogen-bond acceptors (Lipinski definition) is 6. The van der Waals surface area contributed by atoms with Crippen molar-refractivity contribution >= 4 is 28.5 Å². The molecular formula is C25H29ClN2O4. The molecule has 0 unspecified atom stereocenters. The maximum Gasteiger partial charge on any atom is 0.340 e. The van der Waals surface area contributed by atoms with Crippen LogP contribution < -0.4 is 9.47 Å². The SMILES string of the molecule is CCOC(=O)c1c(CN(CC)CC)nc2cc(OC)c(OC)cc2c1-c1ccc(Cl)cc1. The lowest BCUT2D eigenvalue weighted by Gasteiger charge is -2.22. The fraction of sp³-hybridized carbons (Fsp3) is 0.360. The second-order valence-electron chi connectivity index (χ2n) is 7.22. The van der Waals surface area contributed by atoms with Gasteiger partial charge in [0, 0.05) is 28.6 Å². The Kier molecular flexibility index (Phi) is 7.94. The van der Waals surface area contributed by atoms with E-state index in [4.69, 9.17) is 30.8 Å². The highest BCUT2D eigenvalue weighted by atomic mass is 35.5. The van der Waals surface area contributed by atoms with Crippen molar-refractivity contribution in [3.8, 4) is 22.6 Å². The van der Waals surface area contributed by atoms with Crippen molar-refractivity contribution in [3.05, 3.63) is 52.7 Å². The van der Waals surface area contributed by atoms with Gasteiger partial charge in [-0.05, 0) is 43.8 Å². The monoisotopic (exact) mass is 456 g/mol. The summed E-state index contributed by atoms with van der Waals surface area (Å²) in [6, 6.07) is 11.1. The Hall–Kier alpha value is -2.83. The first-order chi connectivity index (χ1) is 15.5. The summed E-state index contributed by atoms with van der Waals surface area (Å²) in [4.78, 5) is 20.4. The molecule has 0 spiro atoms.